The molecule has 0 N–H and O–H groups in total. The summed E-state index contributed by atoms with van der Waals surface area (Å²) in [6.45, 7) is 6.44. The molecule has 0 radical (unpaired) electrons. The van der Waals surface area contributed by atoms with Crippen molar-refractivity contribution in [1.29, 1.82) is 0 Å². The van der Waals surface area contributed by atoms with Crippen molar-refractivity contribution < 1.29 is 28.6 Å². The van der Waals surface area contributed by atoms with Crippen molar-refractivity contribution in [2.75, 3.05) is 13.2 Å². The lowest BCUT2D eigenvalue weighted by Gasteiger charge is -2.18. The normalized spacial score (nSPS) is 12.6. The molecule has 0 spiro atoms. The van der Waals surface area contributed by atoms with Crippen LogP contribution in [0.4, 0.5) is 0 Å². The lowest BCUT2D eigenvalue weighted by atomic mass is 10.1. The van der Waals surface area contributed by atoms with Gasteiger partial charge >= 0.3 is 17.9 Å². The molecule has 0 aliphatic carbocycles. The number of ether oxygens (including phenoxy) is 3. The van der Waals surface area contributed by atoms with Gasteiger partial charge in [-0.2, -0.15) is 0 Å². The average Bonchev–Trinajstić information content (AvgIpc) is 3.27. The van der Waals surface area contributed by atoms with E-state index in [2.05, 4.69) is 93.7 Å². The van der Waals surface area contributed by atoms with Crippen LogP contribution in [0.3, 0.4) is 0 Å². The zero-order chi connectivity index (χ0) is 45.1. The molecular formula is C56H96O6. The first-order valence-electron chi connectivity index (χ1n) is 25.9. The van der Waals surface area contributed by atoms with Gasteiger partial charge in [-0.05, 0) is 103 Å². The van der Waals surface area contributed by atoms with E-state index in [0.29, 0.717) is 19.3 Å². The number of allylic oxidation sites excluding steroid dienone is 12. The van der Waals surface area contributed by atoms with Crippen LogP contribution in [0.15, 0.2) is 72.9 Å². The van der Waals surface area contributed by atoms with Crippen molar-refractivity contribution in [3.8, 4) is 0 Å². The number of carbonyl (C=O) groups is 3. The molecule has 0 saturated carbocycles. The molecular weight excluding hydrogens is 769 g/mol. The Labute approximate surface area is 382 Å². The lowest BCUT2D eigenvalue weighted by molar-refractivity contribution is -0.167. The highest BCUT2D eigenvalue weighted by atomic mass is 16.6. The van der Waals surface area contributed by atoms with Crippen LogP contribution in [0.2, 0.25) is 0 Å². The molecule has 356 valence electrons. The van der Waals surface area contributed by atoms with E-state index < -0.39 is 6.10 Å². The Balaban J connectivity index is 4.42. The Morgan fingerprint density at radius 3 is 1.05 bits per heavy atom. The second-order valence-corrected chi connectivity index (χ2v) is 17.0. The Bertz CT molecular complexity index is 1180. The molecule has 0 saturated heterocycles. The Kier molecular flexibility index (Phi) is 47.9. The van der Waals surface area contributed by atoms with Crippen molar-refractivity contribution in [3.05, 3.63) is 72.9 Å². The van der Waals surface area contributed by atoms with Crippen LogP contribution in [0, 0.1) is 0 Å². The Hall–Kier alpha value is -3.15. The van der Waals surface area contributed by atoms with Gasteiger partial charge in [0.15, 0.2) is 6.10 Å². The molecule has 0 aromatic rings. The molecule has 62 heavy (non-hydrogen) atoms. The average molecular weight is 865 g/mol. The molecule has 1 unspecified atom stereocenters. The SMILES string of the molecule is CC/C=C\C/C=C\C/C=C\CCCCCCCCCC(=O)OCC(COC(=O)CCCCCCC/C=C\CCCCCC)OC(=O)CCCCCCC/C=C\C/C=C\CCCC. The fourth-order valence-electron chi connectivity index (χ4n) is 7.00. The maximum atomic E-state index is 12.8. The van der Waals surface area contributed by atoms with Crippen molar-refractivity contribution in [3.63, 3.8) is 0 Å². The van der Waals surface area contributed by atoms with E-state index in [9.17, 15) is 14.4 Å². The minimum atomic E-state index is -0.789. The molecule has 0 heterocycles. The largest absolute Gasteiger partial charge is 0.462 e. The Morgan fingerprint density at radius 1 is 0.339 bits per heavy atom. The topological polar surface area (TPSA) is 78.9 Å². The zero-order valence-corrected chi connectivity index (χ0v) is 40.6. The van der Waals surface area contributed by atoms with Crippen LogP contribution in [0.1, 0.15) is 245 Å². The summed E-state index contributed by atoms with van der Waals surface area (Å²) in [5.41, 5.74) is 0. The first-order valence-corrected chi connectivity index (χ1v) is 25.9. The second-order valence-electron chi connectivity index (χ2n) is 17.0. The molecule has 6 heteroatoms. The summed E-state index contributed by atoms with van der Waals surface area (Å²) in [4.78, 5) is 38.0. The fourth-order valence-corrected chi connectivity index (χ4v) is 7.00. The first-order chi connectivity index (χ1) is 30.5. The molecule has 0 fully saturated rings. The molecule has 0 bridgehead atoms. The van der Waals surface area contributed by atoms with Crippen LogP contribution in [0.5, 0.6) is 0 Å². The summed E-state index contributed by atoms with van der Waals surface area (Å²) in [6, 6.07) is 0. The van der Waals surface area contributed by atoms with Gasteiger partial charge in [-0.15, -0.1) is 0 Å². The summed E-state index contributed by atoms with van der Waals surface area (Å²) in [7, 11) is 0. The summed E-state index contributed by atoms with van der Waals surface area (Å²) in [6.07, 6.45) is 63.1. The van der Waals surface area contributed by atoms with Gasteiger partial charge in [-0.3, -0.25) is 14.4 Å². The van der Waals surface area contributed by atoms with Gasteiger partial charge in [0, 0.05) is 19.3 Å². The molecule has 0 aliphatic heterocycles. The van der Waals surface area contributed by atoms with E-state index in [1.54, 1.807) is 0 Å². The predicted molar refractivity (Wildman–Crippen MR) is 265 cm³/mol. The number of esters is 3. The van der Waals surface area contributed by atoms with E-state index in [0.717, 1.165) is 116 Å². The highest BCUT2D eigenvalue weighted by Gasteiger charge is 2.19. The van der Waals surface area contributed by atoms with Crippen LogP contribution in [0.25, 0.3) is 0 Å². The summed E-state index contributed by atoms with van der Waals surface area (Å²) >= 11 is 0. The highest BCUT2D eigenvalue weighted by molar-refractivity contribution is 5.71. The minimum absolute atomic E-state index is 0.0888. The number of hydrogen-bond donors (Lipinski definition) is 0. The quantitative estimate of drug-likeness (QED) is 0.0262. The first kappa shape index (κ1) is 58.9. The van der Waals surface area contributed by atoms with Crippen LogP contribution in [-0.4, -0.2) is 37.2 Å². The van der Waals surface area contributed by atoms with E-state index >= 15 is 0 Å². The molecule has 0 rings (SSSR count). The molecule has 0 aromatic heterocycles. The van der Waals surface area contributed by atoms with E-state index in [1.165, 1.54) is 89.9 Å². The van der Waals surface area contributed by atoms with Crippen LogP contribution >= 0.6 is 0 Å². The number of rotatable bonds is 46. The van der Waals surface area contributed by atoms with Gasteiger partial charge in [0.05, 0.1) is 0 Å². The molecule has 1 atom stereocenters. The second kappa shape index (κ2) is 50.5. The maximum Gasteiger partial charge on any atom is 0.306 e. The third-order valence-electron chi connectivity index (χ3n) is 10.9. The van der Waals surface area contributed by atoms with Crippen molar-refractivity contribution in [2.24, 2.45) is 0 Å². The minimum Gasteiger partial charge on any atom is -0.462 e. The van der Waals surface area contributed by atoms with Gasteiger partial charge in [0.25, 0.3) is 0 Å². The third kappa shape index (κ3) is 47.9. The summed E-state index contributed by atoms with van der Waals surface area (Å²) in [5, 5.41) is 0. The van der Waals surface area contributed by atoms with Gasteiger partial charge in [0.2, 0.25) is 0 Å². The number of hydrogen-bond acceptors (Lipinski definition) is 6. The third-order valence-corrected chi connectivity index (χ3v) is 10.9. The molecule has 0 aliphatic rings. The van der Waals surface area contributed by atoms with Crippen LogP contribution < -0.4 is 0 Å². The smallest absolute Gasteiger partial charge is 0.306 e. The highest BCUT2D eigenvalue weighted by Crippen LogP contribution is 2.14. The summed E-state index contributed by atoms with van der Waals surface area (Å²) in [5.74, 6) is -0.920. The molecule has 0 amide bonds. The fraction of sp³-hybridized carbons (Fsp3) is 0.732. The predicted octanol–water partition coefficient (Wildman–Crippen LogP) is 17.0. The monoisotopic (exact) mass is 865 g/mol. The number of carbonyl (C=O) groups excluding carboxylic acids is 3. The molecule has 0 aromatic carbocycles. The standard InChI is InChI=1S/C56H96O6/c1-4-7-10-13-16-19-22-25-27-28-29-32-34-37-40-43-46-49-55(58)61-52-53(51-60-54(57)48-45-42-39-36-33-30-24-21-18-15-12-9-6-3)62-56(59)50-47-44-41-38-35-31-26-23-20-17-14-11-8-5-2/h7,10,14,16-17,19,21,23-27,53H,4-6,8-9,11-13,15,18,20,22,28-52H2,1-3H3/b10-7-,17-14-,19-16-,24-21-,26-23-,27-25-. The zero-order valence-electron chi connectivity index (χ0n) is 40.6. The van der Waals surface area contributed by atoms with Gasteiger partial charge in [0.1, 0.15) is 13.2 Å². The van der Waals surface area contributed by atoms with Crippen LogP contribution in [-0.2, 0) is 28.6 Å². The van der Waals surface area contributed by atoms with Crippen molar-refractivity contribution in [1.82, 2.24) is 0 Å². The lowest BCUT2D eigenvalue weighted by Crippen LogP contribution is -2.30. The van der Waals surface area contributed by atoms with E-state index in [1.807, 2.05) is 0 Å². The van der Waals surface area contributed by atoms with Crippen molar-refractivity contribution in [2.45, 2.75) is 252 Å². The van der Waals surface area contributed by atoms with Gasteiger partial charge in [-0.25, -0.2) is 0 Å². The Morgan fingerprint density at radius 2 is 0.645 bits per heavy atom. The summed E-state index contributed by atoms with van der Waals surface area (Å²) < 4.78 is 16.8. The maximum absolute atomic E-state index is 12.8. The van der Waals surface area contributed by atoms with Crippen molar-refractivity contribution >= 4 is 17.9 Å². The molecule has 6 nitrogen and oxygen atoms in total. The van der Waals surface area contributed by atoms with E-state index in [4.69, 9.17) is 14.2 Å². The van der Waals surface area contributed by atoms with Gasteiger partial charge < -0.3 is 14.2 Å². The van der Waals surface area contributed by atoms with Gasteiger partial charge in [-0.1, -0.05) is 196 Å². The number of unbranched alkanes of at least 4 members (excludes halogenated alkanes) is 23. The van der Waals surface area contributed by atoms with E-state index in [-0.39, 0.29) is 31.1 Å².